The van der Waals surface area contributed by atoms with Gasteiger partial charge in [-0.3, -0.25) is 14.5 Å². The molecular weight excluding hydrogens is 510 g/mol. The number of carbonyl (C=O) groups is 4. The highest BCUT2D eigenvalue weighted by molar-refractivity contribution is 5.98. The molecule has 3 N–H and O–H groups in total. The van der Waals surface area contributed by atoms with E-state index in [1.807, 2.05) is 30.5 Å². The molecule has 216 valence electrons. The second-order valence-electron chi connectivity index (χ2n) is 12.3. The van der Waals surface area contributed by atoms with E-state index in [4.69, 9.17) is 4.74 Å². The molecule has 3 heterocycles. The summed E-state index contributed by atoms with van der Waals surface area (Å²) in [6, 6.07) is 5.86. The fourth-order valence-electron chi connectivity index (χ4n) is 6.40. The van der Waals surface area contributed by atoms with Crippen molar-refractivity contribution in [2.24, 2.45) is 0 Å². The van der Waals surface area contributed by atoms with Crippen molar-refractivity contribution in [3.05, 3.63) is 36.0 Å². The minimum atomic E-state index is -0.904. The van der Waals surface area contributed by atoms with Gasteiger partial charge in [0.05, 0.1) is 6.04 Å². The summed E-state index contributed by atoms with van der Waals surface area (Å²) >= 11 is 0. The third-order valence-electron chi connectivity index (χ3n) is 8.26. The number of ether oxygens (including phenoxy) is 1. The standard InChI is InChI=1S/C30H41N5O5/c1-30(2,3)40-28(38)33-24(16-19-18-31-22-13-8-7-12-21(19)22)27(37)32-23-14-9-15-34-25(23)17-26(36)35(29(34)39)20-10-5-4-6-11-20/h7-8,12-13,18,20,23-25,31H,4-6,9-11,14-17H2,1-3H3,(H,32,37)(H,33,38)/t23-,24-,25+/m0/s1. The molecule has 2 saturated heterocycles. The van der Waals surface area contributed by atoms with Crippen LogP contribution in [0.1, 0.15) is 77.7 Å². The van der Waals surface area contributed by atoms with Crippen LogP contribution < -0.4 is 10.6 Å². The second kappa shape index (κ2) is 11.5. The normalized spacial score (nSPS) is 23.1. The Morgan fingerprint density at radius 1 is 1.07 bits per heavy atom. The van der Waals surface area contributed by atoms with Crippen LogP contribution in [0.3, 0.4) is 0 Å². The van der Waals surface area contributed by atoms with E-state index < -0.39 is 23.8 Å². The molecule has 3 atom stereocenters. The van der Waals surface area contributed by atoms with E-state index in [1.165, 1.54) is 4.90 Å². The Morgan fingerprint density at radius 3 is 2.58 bits per heavy atom. The highest BCUT2D eigenvalue weighted by Gasteiger charge is 2.47. The number of aromatic amines is 1. The Morgan fingerprint density at radius 2 is 1.82 bits per heavy atom. The number of benzene rings is 1. The highest BCUT2D eigenvalue weighted by atomic mass is 16.6. The van der Waals surface area contributed by atoms with Crippen molar-refractivity contribution in [3.8, 4) is 0 Å². The Hall–Kier alpha value is -3.56. The molecule has 0 spiro atoms. The zero-order valence-corrected chi connectivity index (χ0v) is 23.7. The number of para-hydroxylation sites is 1. The van der Waals surface area contributed by atoms with Crippen molar-refractivity contribution in [2.45, 2.75) is 108 Å². The number of imide groups is 1. The third kappa shape index (κ3) is 6.10. The summed E-state index contributed by atoms with van der Waals surface area (Å²) < 4.78 is 5.46. The molecule has 1 aliphatic carbocycles. The van der Waals surface area contributed by atoms with Crippen molar-refractivity contribution in [2.75, 3.05) is 6.54 Å². The first-order valence-electron chi connectivity index (χ1n) is 14.6. The number of hydrogen-bond donors (Lipinski definition) is 3. The van der Waals surface area contributed by atoms with Gasteiger partial charge in [-0.1, -0.05) is 37.5 Å². The maximum atomic E-state index is 13.7. The van der Waals surface area contributed by atoms with Gasteiger partial charge in [0, 0.05) is 48.6 Å². The van der Waals surface area contributed by atoms with Crippen molar-refractivity contribution < 1.29 is 23.9 Å². The summed E-state index contributed by atoms with van der Waals surface area (Å²) in [5.74, 6) is -0.515. The molecule has 3 fully saturated rings. The van der Waals surface area contributed by atoms with Gasteiger partial charge in [-0.2, -0.15) is 0 Å². The van der Waals surface area contributed by atoms with Crippen molar-refractivity contribution >= 4 is 34.8 Å². The summed E-state index contributed by atoms with van der Waals surface area (Å²) in [5.41, 5.74) is 1.12. The van der Waals surface area contributed by atoms with Crippen LogP contribution in [0.15, 0.2) is 30.5 Å². The van der Waals surface area contributed by atoms with Gasteiger partial charge in [-0.15, -0.1) is 0 Å². The van der Waals surface area contributed by atoms with Crippen molar-refractivity contribution in [3.63, 3.8) is 0 Å². The van der Waals surface area contributed by atoms with E-state index >= 15 is 0 Å². The lowest BCUT2D eigenvalue weighted by Gasteiger charge is -2.49. The SMILES string of the molecule is CC(C)(C)OC(=O)N[C@@H](Cc1c[nH]c2ccccc12)C(=O)N[C@H]1CCCN2C(=O)N(C3CCCCC3)C(=O)C[C@H]12. The molecule has 2 aromatic rings. The maximum absolute atomic E-state index is 13.7. The van der Waals surface area contributed by atoms with Gasteiger partial charge in [0.15, 0.2) is 0 Å². The number of aromatic nitrogens is 1. The number of nitrogens with zero attached hydrogens (tertiary/aromatic N) is 2. The molecule has 0 unspecified atom stereocenters. The first-order valence-corrected chi connectivity index (χ1v) is 14.6. The largest absolute Gasteiger partial charge is 0.444 e. The fraction of sp³-hybridized carbons (Fsp3) is 0.600. The molecule has 0 bridgehead atoms. The number of rotatable bonds is 6. The number of hydrogen-bond acceptors (Lipinski definition) is 5. The average molecular weight is 552 g/mol. The Balaban J connectivity index is 1.32. The number of piperidine rings is 1. The van der Waals surface area contributed by atoms with Crippen molar-refractivity contribution in [1.82, 2.24) is 25.4 Å². The highest BCUT2D eigenvalue weighted by Crippen LogP contribution is 2.32. The van der Waals surface area contributed by atoms with Crippen LogP contribution in [0.2, 0.25) is 0 Å². The number of fused-ring (bicyclic) bond motifs is 2. The lowest BCUT2D eigenvalue weighted by Crippen LogP contribution is -2.67. The maximum Gasteiger partial charge on any atom is 0.408 e. The molecule has 40 heavy (non-hydrogen) atoms. The minimum Gasteiger partial charge on any atom is -0.444 e. The van der Waals surface area contributed by atoms with Gasteiger partial charge in [0.25, 0.3) is 0 Å². The van der Waals surface area contributed by atoms with Gasteiger partial charge in [-0.05, 0) is 58.1 Å². The van der Waals surface area contributed by atoms with Crippen LogP contribution in [-0.2, 0) is 20.7 Å². The molecule has 1 aromatic carbocycles. The molecule has 10 heteroatoms. The summed E-state index contributed by atoms with van der Waals surface area (Å²) in [7, 11) is 0. The van der Waals surface area contributed by atoms with Crippen LogP contribution in [0.5, 0.6) is 0 Å². The van der Waals surface area contributed by atoms with Gasteiger partial charge >= 0.3 is 12.1 Å². The average Bonchev–Trinajstić information content (AvgIpc) is 3.31. The van der Waals surface area contributed by atoms with E-state index in [-0.39, 0.29) is 42.8 Å². The third-order valence-corrected chi connectivity index (χ3v) is 8.26. The molecule has 3 aliphatic rings. The summed E-state index contributed by atoms with van der Waals surface area (Å²) in [6.45, 7) is 5.88. The number of H-pyrrole nitrogens is 1. The quantitative estimate of drug-likeness (QED) is 0.496. The molecule has 0 radical (unpaired) electrons. The molecule has 1 saturated carbocycles. The van der Waals surface area contributed by atoms with Crippen LogP contribution in [0.4, 0.5) is 9.59 Å². The first-order chi connectivity index (χ1) is 19.1. The molecule has 1 aromatic heterocycles. The predicted molar refractivity (Wildman–Crippen MR) is 151 cm³/mol. The molecule has 5 rings (SSSR count). The minimum absolute atomic E-state index is 0.0248. The van der Waals surface area contributed by atoms with Crippen LogP contribution in [0.25, 0.3) is 10.9 Å². The van der Waals surface area contributed by atoms with Crippen LogP contribution in [-0.4, -0.2) is 75.0 Å². The molecule has 10 nitrogen and oxygen atoms in total. The molecular formula is C30H41N5O5. The summed E-state index contributed by atoms with van der Waals surface area (Å²) in [4.78, 5) is 59.7. The Kier molecular flexibility index (Phi) is 8.05. The van der Waals surface area contributed by atoms with E-state index in [0.717, 1.165) is 55.0 Å². The predicted octanol–water partition coefficient (Wildman–Crippen LogP) is 4.24. The molecule has 5 amide bonds. The second-order valence-corrected chi connectivity index (χ2v) is 12.3. The first kappa shape index (κ1) is 28.0. The smallest absolute Gasteiger partial charge is 0.408 e. The van der Waals surface area contributed by atoms with Crippen LogP contribution in [0, 0.1) is 0 Å². The zero-order valence-electron chi connectivity index (χ0n) is 23.7. The number of alkyl carbamates (subject to hydrolysis) is 1. The zero-order chi connectivity index (χ0) is 28.4. The lowest BCUT2D eigenvalue weighted by molar-refractivity contribution is -0.137. The number of urea groups is 1. The fourth-order valence-corrected chi connectivity index (χ4v) is 6.40. The number of nitrogens with one attached hydrogen (secondary N) is 3. The number of carbonyl (C=O) groups excluding carboxylic acids is 4. The number of amides is 5. The van der Waals surface area contributed by atoms with E-state index in [9.17, 15) is 19.2 Å². The lowest BCUT2D eigenvalue weighted by atomic mass is 9.88. The van der Waals surface area contributed by atoms with Gasteiger partial charge in [-0.25, -0.2) is 9.59 Å². The van der Waals surface area contributed by atoms with Crippen LogP contribution >= 0.6 is 0 Å². The Labute approximate surface area is 235 Å². The molecule has 2 aliphatic heterocycles. The Bertz CT molecular complexity index is 1260. The van der Waals surface area contributed by atoms with Gasteiger partial charge < -0.3 is 25.3 Å². The van der Waals surface area contributed by atoms with Gasteiger partial charge in [0.2, 0.25) is 11.8 Å². The van der Waals surface area contributed by atoms with E-state index in [0.29, 0.717) is 13.0 Å². The topological polar surface area (TPSA) is 124 Å². The van der Waals surface area contributed by atoms with Gasteiger partial charge in [0.1, 0.15) is 11.6 Å². The monoisotopic (exact) mass is 551 g/mol. The van der Waals surface area contributed by atoms with E-state index in [2.05, 4.69) is 15.6 Å². The summed E-state index contributed by atoms with van der Waals surface area (Å²) in [5, 5.41) is 6.83. The van der Waals surface area contributed by atoms with Crippen molar-refractivity contribution in [1.29, 1.82) is 0 Å². The summed E-state index contributed by atoms with van der Waals surface area (Å²) in [6.07, 6.45) is 7.94. The van der Waals surface area contributed by atoms with E-state index in [1.54, 1.807) is 25.7 Å².